The van der Waals surface area contributed by atoms with Crippen LogP contribution < -0.4 is 3.71 Å². The van der Waals surface area contributed by atoms with Crippen molar-refractivity contribution in [2.75, 3.05) is 0 Å². The molecule has 0 spiro atoms. The Kier molecular flexibility index (Phi) is 9.48. The van der Waals surface area contributed by atoms with Gasteiger partial charge in [-0.15, -0.1) is 0 Å². The quantitative estimate of drug-likeness (QED) is 0.199. The van der Waals surface area contributed by atoms with Crippen LogP contribution in [-0.4, -0.2) is 32.9 Å². The molecule has 1 heterocycles. The number of aromatic nitrogens is 2. The third kappa shape index (κ3) is 5.81. The summed E-state index contributed by atoms with van der Waals surface area (Å²) in [5.74, 6) is 0.148. The van der Waals surface area contributed by atoms with Crippen LogP contribution in [-0.2, 0) is 6.54 Å². The fourth-order valence-electron chi connectivity index (χ4n) is 4.22. The normalized spacial score (nSPS) is 11.7. The summed E-state index contributed by atoms with van der Waals surface area (Å²) in [7, 11) is 0. The van der Waals surface area contributed by atoms with Crippen molar-refractivity contribution in [3.63, 3.8) is 0 Å². The summed E-state index contributed by atoms with van der Waals surface area (Å²) >= 11 is -2.98. The van der Waals surface area contributed by atoms with Crippen LogP contribution in [0.4, 0.5) is 5.82 Å². The van der Waals surface area contributed by atoms with Gasteiger partial charge in [0.25, 0.3) is 0 Å². The molecule has 28 heavy (non-hydrogen) atoms. The molecule has 5 nitrogen and oxygen atoms in total. The van der Waals surface area contributed by atoms with E-state index in [0.29, 0.717) is 6.54 Å². The molecular weight excluding hydrogens is 457 g/mol. The summed E-state index contributed by atoms with van der Waals surface area (Å²) in [6, 6.07) is 10.3. The van der Waals surface area contributed by atoms with Crippen LogP contribution in [0.1, 0.15) is 64.9 Å². The molecule has 0 bridgehead atoms. The third-order valence-corrected chi connectivity index (χ3v) is 21.3. The second-order valence-corrected chi connectivity index (χ2v) is 20.8. The second-order valence-electron chi connectivity index (χ2n) is 7.88. The first kappa shape index (κ1) is 22.9. The van der Waals surface area contributed by atoms with Gasteiger partial charge in [0.15, 0.2) is 0 Å². The number of hydrogen-bond acceptors (Lipinski definition) is 3. The zero-order valence-electron chi connectivity index (χ0n) is 17.7. The van der Waals surface area contributed by atoms with Crippen LogP contribution in [0.3, 0.4) is 0 Å². The molecule has 0 fully saturated rings. The van der Waals surface area contributed by atoms with Crippen LogP contribution in [0.15, 0.2) is 36.7 Å². The Bertz CT molecular complexity index is 709. The van der Waals surface area contributed by atoms with Crippen LogP contribution in [0.25, 0.3) is 0 Å². The molecular formula is C22H35N3O2Sn. The van der Waals surface area contributed by atoms with E-state index in [4.69, 9.17) is 0 Å². The van der Waals surface area contributed by atoms with Gasteiger partial charge in [0.2, 0.25) is 0 Å². The maximum absolute atomic E-state index is 11.9. The van der Waals surface area contributed by atoms with Crippen molar-refractivity contribution in [1.29, 1.82) is 0 Å². The zero-order chi connectivity index (χ0) is 20.4. The summed E-state index contributed by atoms with van der Waals surface area (Å²) < 4.78 is 6.80. The van der Waals surface area contributed by atoms with Crippen LogP contribution in [0.2, 0.25) is 13.3 Å². The van der Waals surface area contributed by atoms with Crippen LogP contribution >= 0.6 is 0 Å². The molecule has 1 aromatic carbocycles. The number of hydrogen-bond donors (Lipinski definition) is 0. The van der Waals surface area contributed by atoms with E-state index in [1.54, 1.807) is 6.33 Å². The maximum atomic E-state index is 11.9. The van der Waals surface area contributed by atoms with Crippen molar-refractivity contribution in [2.45, 2.75) is 79.2 Å². The van der Waals surface area contributed by atoms with Gasteiger partial charge >= 0.3 is 174 Å². The van der Waals surface area contributed by atoms with Gasteiger partial charge in [-0.25, -0.2) is 0 Å². The fraction of sp³-hybridized carbons (Fsp3) is 0.591. The van der Waals surface area contributed by atoms with E-state index in [1.807, 2.05) is 18.2 Å². The van der Waals surface area contributed by atoms with Gasteiger partial charge in [-0.2, -0.15) is 0 Å². The standard InChI is InChI=1S/C10H8N3O2.3C4H9.Sn/c14-13(15)10-7-12(8-11-10)6-9-4-2-1-3-5-9;3*1-3-4-2;/h1-5,8H,6H2;3*1,3-4H2,2H3;. The summed E-state index contributed by atoms with van der Waals surface area (Å²) in [5, 5.41) is 11.9. The average molecular weight is 492 g/mol. The van der Waals surface area contributed by atoms with E-state index >= 15 is 0 Å². The fourth-order valence-corrected chi connectivity index (χ4v) is 21.1. The zero-order valence-corrected chi connectivity index (χ0v) is 20.5. The van der Waals surface area contributed by atoms with E-state index in [-0.39, 0.29) is 10.7 Å². The minimum absolute atomic E-state index is 0.148. The topological polar surface area (TPSA) is 61.0 Å². The Morgan fingerprint density at radius 3 is 1.96 bits per heavy atom. The number of nitrogens with zero attached hydrogens (tertiary/aromatic N) is 3. The molecule has 0 amide bonds. The minimum atomic E-state index is -2.98. The van der Waals surface area contributed by atoms with Gasteiger partial charge in [0.1, 0.15) is 0 Å². The molecule has 2 aromatic rings. The molecule has 0 unspecified atom stereocenters. The Balaban J connectivity index is 2.56. The molecule has 0 radical (unpaired) electrons. The van der Waals surface area contributed by atoms with E-state index < -0.39 is 18.4 Å². The molecule has 0 saturated carbocycles. The van der Waals surface area contributed by atoms with E-state index in [9.17, 15) is 10.1 Å². The number of benzene rings is 1. The van der Waals surface area contributed by atoms with E-state index in [1.165, 1.54) is 38.1 Å². The number of unbranched alkanes of at least 4 members (excludes halogenated alkanes) is 3. The monoisotopic (exact) mass is 493 g/mol. The molecule has 1 aromatic heterocycles. The van der Waals surface area contributed by atoms with Gasteiger partial charge in [-0.1, -0.05) is 0 Å². The molecule has 0 aliphatic carbocycles. The van der Waals surface area contributed by atoms with Crippen molar-refractivity contribution in [2.24, 2.45) is 0 Å². The van der Waals surface area contributed by atoms with Gasteiger partial charge in [-0.05, 0) is 0 Å². The average Bonchev–Trinajstić information content (AvgIpc) is 3.13. The van der Waals surface area contributed by atoms with Gasteiger partial charge in [-0.3, -0.25) is 0 Å². The van der Waals surface area contributed by atoms with Crippen LogP contribution in [0, 0.1) is 10.1 Å². The summed E-state index contributed by atoms with van der Waals surface area (Å²) in [5.41, 5.74) is 1.18. The van der Waals surface area contributed by atoms with Crippen molar-refractivity contribution < 1.29 is 4.92 Å². The number of nitro groups is 1. The molecule has 0 atom stereocenters. The van der Waals surface area contributed by atoms with Crippen LogP contribution in [0.5, 0.6) is 0 Å². The first-order valence-corrected chi connectivity index (χ1v) is 18.3. The summed E-state index contributed by atoms with van der Waals surface area (Å²) in [6.45, 7) is 7.36. The van der Waals surface area contributed by atoms with E-state index in [0.717, 1.165) is 23.0 Å². The Hall–Kier alpha value is -1.37. The Morgan fingerprint density at radius 1 is 0.964 bits per heavy atom. The van der Waals surface area contributed by atoms with Gasteiger partial charge in [0, 0.05) is 0 Å². The number of imidazole rings is 1. The summed E-state index contributed by atoms with van der Waals surface area (Å²) in [6.07, 6.45) is 8.72. The Morgan fingerprint density at radius 2 is 1.50 bits per heavy atom. The van der Waals surface area contributed by atoms with Crippen molar-refractivity contribution >= 4 is 27.9 Å². The van der Waals surface area contributed by atoms with Crippen molar-refractivity contribution in [3.05, 3.63) is 52.3 Å². The Labute approximate surface area is 173 Å². The van der Waals surface area contributed by atoms with Gasteiger partial charge < -0.3 is 0 Å². The molecule has 2 rings (SSSR count). The number of rotatable bonds is 13. The molecule has 6 heteroatoms. The first-order valence-electron chi connectivity index (χ1n) is 10.8. The molecule has 0 aliphatic rings. The van der Waals surface area contributed by atoms with Gasteiger partial charge in [0.05, 0.1) is 0 Å². The van der Waals surface area contributed by atoms with Crippen molar-refractivity contribution in [3.8, 4) is 0 Å². The predicted molar refractivity (Wildman–Crippen MR) is 119 cm³/mol. The first-order chi connectivity index (χ1) is 13.6. The summed E-state index contributed by atoms with van der Waals surface area (Å²) in [4.78, 5) is 16.0. The third-order valence-electron chi connectivity index (χ3n) is 5.72. The second kappa shape index (κ2) is 11.6. The SMILES string of the molecule is CCC[CH2][Sn]([CH2]CCC)([CH2]CCC)[c]1c([N+](=O)[O-])ncn1Cc1ccccc1. The van der Waals surface area contributed by atoms with E-state index in [2.05, 4.69) is 42.5 Å². The molecule has 0 aliphatic heterocycles. The molecule has 0 N–H and O–H groups in total. The predicted octanol–water partition coefficient (Wildman–Crippen LogP) is 5.90. The van der Waals surface area contributed by atoms with Crippen molar-refractivity contribution in [1.82, 2.24) is 9.55 Å². The molecule has 154 valence electrons. The molecule has 0 saturated heterocycles.